The Hall–Kier alpha value is -3.31. The van der Waals surface area contributed by atoms with Crippen molar-refractivity contribution < 1.29 is 18.9 Å². The Morgan fingerprint density at radius 2 is 2.03 bits per heavy atom. The number of H-pyrrole nitrogens is 1. The van der Waals surface area contributed by atoms with E-state index in [9.17, 15) is 24.1 Å². The topological polar surface area (TPSA) is 129 Å². The minimum atomic E-state index is -1.11. The highest BCUT2D eigenvalue weighted by Crippen LogP contribution is 2.25. The molecule has 2 amide bonds. The molecule has 0 spiro atoms. The van der Waals surface area contributed by atoms with Crippen molar-refractivity contribution in [2.45, 2.75) is 24.8 Å². The Bertz CT molecular complexity index is 1170. The third-order valence-electron chi connectivity index (χ3n) is 5.68. The summed E-state index contributed by atoms with van der Waals surface area (Å²) in [5.41, 5.74) is 0.757. The molecule has 3 heterocycles. The van der Waals surface area contributed by atoms with Crippen LogP contribution in [0.1, 0.15) is 28.8 Å². The smallest absolute Gasteiger partial charge is 0.324 e. The van der Waals surface area contributed by atoms with E-state index < -0.39 is 16.4 Å². The lowest BCUT2D eigenvalue weighted by atomic mass is 9.86. The first-order chi connectivity index (χ1) is 15.4. The van der Waals surface area contributed by atoms with E-state index in [1.54, 1.807) is 12.3 Å². The van der Waals surface area contributed by atoms with Crippen LogP contribution in [-0.4, -0.2) is 46.9 Å². The van der Waals surface area contributed by atoms with Crippen LogP contribution in [0.3, 0.4) is 0 Å². The Labute approximate surface area is 186 Å². The normalized spacial score (nSPS) is 15.4. The molecule has 0 bridgehead atoms. The predicted octanol–water partition coefficient (Wildman–Crippen LogP) is 2.49. The molecule has 3 aromatic rings. The van der Waals surface area contributed by atoms with Gasteiger partial charge in [-0.05, 0) is 56.1 Å². The summed E-state index contributed by atoms with van der Waals surface area (Å²) in [5.74, 6) is -1.14. The molecule has 11 heteroatoms. The number of aromatic amines is 1. The van der Waals surface area contributed by atoms with E-state index in [1.165, 1.54) is 23.6 Å². The molecule has 4 rings (SSSR count). The van der Waals surface area contributed by atoms with Gasteiger partial charge in [-0.25, -0.2) is 4.39 Å². The van der Waals surface area contributed by atoms with E-state index in [0.717, 1.165) is 27.8 Å². The van der Waals surface area contributed by atoms with Gasteiger partial charge in [-0.2, -0.15) is 0 Å². The molecular weight excluding hydrogens is 437 g/mol. The molecule has 0 saturated carbocycles. The molecule has 1 fully saturated rings. The number of rotatable bonds is 7. The number of fused-ring (bicyclic) bond motifs is 1. The number of nitro groups is 1. The maximum atomic E-state index is 13.6. The van der Waals surface area contributed by atoms with Gasteiger partial charge in [-0.15, -0.1) is 0 Å². The van der Waals surface area contributed by atoms with Gasteiger partial charge in [0.05, 0.1) is 10.5 Å². The lowest BCUT2D eigenvalue weighted by molar-refractivity contribution is -0.380. The van der Waals surface area contributed by atoms with Crippen molar-refractivity contribution in [3.63, 3.8) is 0 Å². The van der Waals surface area contributed by atoms with Crippen LogP contribution in [-0.2, 0) is 11.2 Å². The van der Waals surface area contributed by atoms with Crippen molar-refractivity contribution in [1.29, 1.82) is 0 Å². The molecule has 9 nitrogen and oxygen atoms in total. The first kappa shape index (κ1) is 21.9. The second-order valence-corrected chi connectivity index (χ2v) is 8.62. The molecule has 1 aliphatic rings. The number of hydrogen-bond acceptors (Lipinski definition) is 6. The van der Waals surface area contributed by atoms with E-state index in [2.05, 4.69) is 20.9 Å². The number of hydrogen-bond donors (Lipinski definition) is 4. The number of thiophene rings is 1. The summed E-state index contributed by atoms with van der Waals surface area (Å²) < 4.78 is 13.6. The number of amides is 2. The van der Waals surface area contributed by atoms with Crippen LogP contribution in [0.25, 0.3) is 10.9 Å². The SMILES string of the molecule is O=C(NC1(C(=O)NCCc2c[nH]c3ccc(F)cc23)CCNCC1)c1csc([N+](=O)[O-])c1. The zero-order valence-electron chi connectivity index (χ0n) is 17.1. The predicted molar refractivity (Wildman–Crippen MR) is 118 cm³/mol. The van der Waals surface area contributed by atoms with Crippen LogP contribution in [0.4, 0.5) is 9.39 Å². The molecule has 1 aromatic carbocycles. The quantitative estimate of drug-likeness (QED) is 0.319. The van der Waals surface area contributed by atoms with Gasteiger partial charge in [-0.1, -0.05) is 11.3 Å². The fourth-order valence-corrected chi connectivity index (χ4v) is 4.63. The summed E-state index contributed by atoms with van der Waals surface area (Å²) in [6.07, 6.45) is 3.08. The van der Waals surface area contributed by atoms with Crippen molar-refractivity contribution in [3.8, 4) is 0 Å². The average Bonchev–Trinajstić information content (AvgIpc) is 3.42. The molecule has 0 aliphatic carbocycles. The molecular formula is C21H22FN5O4S. The van der Waals surface area contributed by atoms with Gasteiger partial charge in [0, 0.05) is 35.1 Å². The van der Waals surface area contributed by atoms with Gasteiger partial charge in [-0.3, -0.25) is 19.7 Å². The second-order valence-electron chi connectivity index (χ2n) is 7.73. The Kier molecular flexibility index (Phi) is 6.19. The fraction of sp³-hybridized carbons (Fsp3) is 0.333. The molecule has 1 saturated heterocycles. The number of carbonyl (C=O) groups excluding carboxylic acids is 2. The maximum absolute atomic E-state index is 13.6. The molecule has 0 atom stereocenters. The highest BCUT2D eigenvalue weighted by molar-refractivity contribution is 7.13. The van der Waals surface area contributed by atoms with E-state index >= 15 is 0 Å². The number of benzene rings is 1. The monoisotopic (exact) mass is 459 g/mol. The summed E-state index contributed by atoms with van der Waals surface area (Å²) in [4.78, 5) is 39.3. The van der Waals surface area contributed by atoms with Crippen LogP contribution in [0.15, 0.2) is 35.8 Å². The molecule has 4 N–H and O–H groups in total. The maximum Gasteiger partial charge on any atom is 0.324 e. The van der Waals surface area contributed by atoms with Crippen molar-refractivity contribution in [2.24, 2.45) is 0 Å². The number of aromatic nitrogens is 1. The van der Waals surface area contributed by atoms with Gasteiger partial charge in [0.2, 0.25) is 5.91 Å². The van der Waals surface area contributed by atoms with Gasteiger partial charge < -0.3 is 20.9 Å². The van der Waals surface area contributed by atoms with Crippen molar-refractivity contribution in [1.82, 2.24) is 20.9 Å². The van der Waals surface area contributed by atoms with E-state index in [-0.39, 0.29) is 22.3 Å². The summed E-state index contributed by atoms with van der Waals surface area (Å²) in [6.45, 7) is 1.43. The third-order valence-corrected chi connectivity index (χ3v) is 6.56. The third kappa shape index (κ3) is 4.48. The minimum Gasteiger partial charge on any atom is -0.361 e. The molecule has 2 aromatic heterocycles. The van der Waals surface area contributed by atoms with Crippen LogP contribution >= 0.6 is 11.3 Å². The van der Waals surface area contributed by atoms with Crippen LogP contribution in [0, 0.1) is 15.9 Å². The molecule has 32 heavy (non-hydrogen) atoms. The second kappa shape index (κ2) is 9.05. The van der Waals surface area contributed by atoms with Crippen molar-refractivity contribution >= 4 is 39.1 Å². The van der Waals surface area contributed by atoms with E-state index in [4.69, 9.17) is 0 Å². The standard InChI is InChI=1S/C21H22FN5O4S/c22-15-1-2-17-16(10-15)13(11-25-17)3-6-24-20(29)21(4-7-23-8-5-21)26-19(28)14-9-18(27(30)31)32-12-14/h1-2,9-12,23,25H,3-8H2,(H,24,29)(H,26,28). The van der Waals surface area contributed by atoms with Gasteiger partial charge in [0.1, 0.15) is 11.4 Å². The van der Waals surface area contributed by atoms with Crippen LogP contribution < -0.4 is 16.0 Å². The average molecular weight is 460 g/mol. The summed E-state index contributed by atoms with van der Waals surface area (Å²) >= 11 is 0.867. The Morgan fingerprint density at radius 3 is 2.75 bits per heavy atom. The highest BCUT2D eigenvalue weighted by Gasteiger charge is 2.41. The molecule has 0 unspecified atom stereocenters. The van der Waals surface area contributed by atoms with Crippen molar-refractivity contribution in [2.75, 3.05) is 19.6 Å². The van der Waals surface area contributed by atoms with Crippen LogP contribution in [0.2, 0.25) is 0 Å². The summed E-state index contributed by atoms with van der Waals surface area (Å²) in [5, 5.41) is 21.8. The number of piperidine rings is 1. The number of halogens is 1. The zero-order valence-corrected chi connectivity index (χ0v) is 17.9. The fourth-order valence-electron chi connectivity index (χ4n) is 3.93. The lowest BCUT2D eigenvalue weighted by Gasteiger charge is -2.36. The largest absolute Gasteiger partial charge is 0.361 e. The molecule has 168 valence electrons. The van der Waals surface area contributed by atoms with Gasteiger partial charge in [0.15, 0.2) is 0 Å². The summed E-state index contributed by atoms with van der Waals surface area (Å²) in [6, 6.07) is 5.72. The number of carbonyl (C=O) groups is 2. The van der Waals surface area contributed by atoms with Crippen molar-refractivity contribution in [3.05, 3.63) is 62.9 Å². The van der Waals surface area contributed by atoms with E-state index in [1.807, 2.05) is 0 Å². The van der Waals surface area contributed by atoms with Gasteiger partial charge in [0.25, 0.3) is 5.91 Å². The number of nitrogens with one attached hydrogen (secondary N) is 4. The first-order valence-electron chi connectivity index (χ1n) is 10.2. The highest BCUT2D eigenvalue weighted by atomic mass is 32.1. The molecule has 1 aliphatic heterocycles. The Morgan fingerprint density at radius 1 is 1.25 bits per heavy atom. The number of nitrogens with zero attached hydrogens (tertiary/aromatic N) is 1. The molecule has 0 radical (unpaired) electrons. The zero-order chi connectivity index (χ0) is 22.7. The van der Waals surface area contributed by atoms with Crippen LogP contribution in [0.5, 0.6) is 0 Å². The lowest BCUT2D eigenvalue weighted by Crippen LogP contribution is -2.63. The van der Waals surface area contributed by atoms with Gasteiger partial charge >= 0.3 is 5.00 Å². The van der Waals surface area contributed by atoms with E-state index in [0.29, 0.717) is 38.9 Å². The Balaban J connectivity index is 1.43. The first-order valence-corrected chi connectivity index (χ1v) is 11.1. The summed E-state index contributed by atoms with van der Waals surface area (Å²) in [7, 11) is 0. The minimum absolute atomic E-state index is 0.130.